The van der Waals surface area contributed by atoms with Gasteiger partial charge in [-0.2, -0.15) is 13.2 Å². The van der Waals surface area contributed by atoms with Gasteiger partial charge in [-0.1, -0.05) is 30.7 Å². The van der Waals surface area contributed by atoms with E-state index in [1.54, 1.807) is 36.4 Å². The maximum atomic E-state index is 14.4. The van der Waals surface area contributed by atoms with Crippen LogP contribution in [0.2, 0.25) is 0 Å². The van der Waals surface area contributed by atoms with Gasteiger partial charge in [0.1, 0.15) is 5.82 Å². The number of ether oxygens (including phenoxy) is 2. The first-order valence-electron chi connectivity index (χ1n) is 14.1. The lowest BCUT2D eigenvalue weighted by atomic mass is 9.69. The minimum absolute atomic E-state index is 0.0298. The molecule has 1 amide bonds. The summed E-state index contributed by atoms with van der Waals surface area (Å²) in [5.41, 5.74) is -0.265. The summed E-state index contributed by atoms with van der Waals surface area (Å²) in [7, 11) is -2.60. The summed E-state index contributed by atoms with van der Waals surface area (Å²) in [5.74, 6) is -6.31. The minimum Gasteiger partial charge on any atom is -0.481 e. The van der Waals surface area contributed by atoms with Crippen molar-refractivity contribution in [3.63, 3.8) is 0 Å². The van der Waals surface area contributed by atoms with Crippen molar-refractivity contribution >= 4 is 33.3 Å². The number of alkyl halides is 3. The smallest absolute Gasteiger partial charge is 0.416 e. The number of carboxylic acid groups (broad SMARTS) is 1. The molecule has 240 valence electrons. The fraction of sp³-hybridized carbons (Fsp3) is 0.355. The van der Waals surface area contributed by atoms with Crippen LogP contribution in [0.25, 0.3) is 0 Å². The number of rotatable bonds is 8. The zero-order valence-corrected chi connectivity index (χ0v) is 24.8. The highest BCUT2D eigenvalue weighted by Gasteiger charge is 2.43. The molecule has 2 fully saturated rings. The SMILES string of the molecule is CN(c1ccc([C@H]2CCC[C@@H](C(=O)Nc3ccc(C(F)(F)F)cc3F)[C@@H]2C(=O)O)cc1)S(=O)(=O)c1cccc(C2OCCO2)c1. The summed E-state index contributed by atoms with van der Waals surface area (Å²) in [6.45, 7) is 0.807. The predicted octanol–water partition coefficient (Wildman–Crippen LogP) is 5.94. The lowest BCUT2D eigenvalue weighted by Gasteiger charge is -2.35. The zero-order chi connectivity index (χ0) is 32.5. The van der Waals surface area contributed by atoms with Gasteiger partial charge in [-0.3, -0.25) is 13.9 Å². The van der Waals surface area contributed by atoms with Gasteiger partial charge >= 0.3 is 12.1 Å². The Bertz CT molecular complexity index is 1680. The second kappa shape index (κ2) is 12.8. The number of carbonyl (C=O) groups is 2. The lowest BCUT2D eigenvalue weighted by molar-refractivity contribution is -0.148. The molecule has 3 aromatic carbocycles. The van der Waals surface area contributed by atoms with E-state index in [4.69, 9.17) is 9.47 Å². The molecule has 1 aliphatic carbocycles. The molecule has 5 rings (SSSR count). The van der Waals surface area contributed by atoms with Gasteiger partial charge in [-0.15, -0.1) is 0 Å². The average Bonchev–Trinajstić information content (AvgIpc) is 3.56. The Morgan fingerprint density at radius 2 is 1.64 bits per heavy atom. The van der Waals surface area contributed by atoms with Crippen molar-refractivity contribution in [1.82, 2.24) is 0 Å². The van der Waals surface area contributed by atoms with E-state index in [1.807, 2.05) is 0 Å². The molecule has 0 spiro atoms. The number of amides is 1. The molecule has 0 radical (unpaired) electrons. The van der Waals surface area contributed by atoms with Crippen molar-refractivity contribution in [2.75, 3.05) is 29.9 Å². The largest absolute Gasteiger partial charge is 0.481 e. The van der Waals surface area contributed by atoms with E-state index in [2.05, 4.69) is 5.32 Å². The molecule has 0 bridgehead atoms. The van der Waals surface area contributed by atoms with Gasteiger partial charge in [0.2, 0.25) is 5.91 Å². The van der Waals surface area contributed by atoms with Crippen LogP contribution >= 0.6 is 0 Å². The Kier molecular flexibility index (Phi) is 9.19. The van der Waals surface area contributed by atoms with Crippen LogP contribution < -0.4 is 9.62 Å². The lowest BCUT2D eigenvalue weighted by Crippen LogP contribution is -2.40. The van der Waals surface area contributed by atoms with Crippen molar-refractivity contribution in [1.29, 1.82) is 0 Å². The number of halogens is 4. The summed E-state index contributed by atoms with van der Waals surface area (Å²) in [6, 6.07) is 14.2. The van der Waals surface area contributed by atoms with Crippen LogP contribution in [0.15, 0.2) is 71.6 Å². The van der Waals surface area contributed by atoms with E-state index in [0.717, 1.165) is 10.4 Å². The first kappa shape index (κ1) is 32.4. The third-order valence-corrected chi connectivity index (χ3v) is 9.95. The van der Waals surface area contributed by atoms with Gasteiger partial charge in [-0.25, -0.2) is 12.8 Å². The number of nitrogens with one attached hydrogen (secondary N) is 1. The van der Waals surface area contributed by atoms with Crippen molar-refractivity contribution < 1.29 is 50.1 Å². The van der Waals surface area contributed by atoms with E-state index >= 15 is 0 Å². The predicted molar refractivity (Wildman–Crippen MR) is 154 cm³/mol. The van der Waals surface area contributed by atoms with Crippen LogP contribution in [-0.2, 0) is 35.3 Å². The number of benzene rings is 3. The molecule has 3 atom stereocenters. The molecule has 14 heteroatoms. The first-order valence-corrected chi connectivity index (χ1v) is 15.5. The second-order valence-electron chi connectivity index (χ2n) is 10.9. The van der Waals surface area contributed by atoms with E-state index in [1.165, 1.54) is 19.2 Å². The highest BCUT2D eigenvalue weighted by Crippen LogP contribution is 2.43. The van der Waals surface area contributed by atoms with Gasteiger partial charge in [0.25, 0.3) is 10.0 Å². The normalized spacial score (nSPS) is 21.0. The summed E-state index contributed by atoms with van der Waals surface area (Å²) in [4.78, 5) is 25.6. The van der Waals surface area contributed by atoms with Gasteiger partial charge in [-0.05, 0) is 66.8 Å². The van der Waals surface area contributed by atoms with Crippen LogP contribution in [0.4, 0.5) is 28.9 Å². The van der Waals surface area contributed by atoms with Crippen molar-refractivity contribution in [3.8, 4) is 0 Å². The number of anilines is 2. The molecule has 45 heavy (non-hydrogen) atoms. The van der Waals surface area contributed by atoms with Gasteiger partial charge in [0.05, 0.1) is 46.9 Å². The molecule has 2 N–H and O–H groups in total. The van der Waals surface area contributed by atoms with E-state index in [9.17, 15) is 40.7 Å². The van der Waals surface area contributed by atoms with Gasteiger partial charge in [0, 0.05) is 12.6 Å². The topological polar surface area (TPSA) is 122 Å². The molecule has 1 heterocycles. The maximum Gasteiger partial charge on any atom is 0.416 e. The monoisotopic (exact) mass is 650 g/mol. The van der Waals surface area contributed by atoms with Crippen molar-refractivity contribution in [3.05, 3.63) is 89.2 Å². The summed E-state index contributed by atoms with van der Waals surface area (Å²) in [5, 5.41) is 12.4. The number of nitrogens with zero attached hydrogens (tertiary/aromatic N) is 1. The molecule has 1 saturated heterocycles. The van der Waals surface area contributed by atoms with Crippen molar-refractivity contribution in [2.45, 2.75) is 42.5 Å². The number of carboxylic acids is 1. The fourth-order valence-corrected chi connectivity index (χ4v) is 7.08. The third kappa shape index (κ3) is 6.82. The molecular formula is C31H30F4N2O7S. The Labute approximate surface area is 256 Å². The van der Waals surface area contributed by atoms with Gasteiger partial charge < -0.3 is 19.9 Å². The van der Waals surface area contributed by atoms with Crippen LogP contribution in [-0.4, -0.2) is 45.7 Å². The molecular weight excluding hydrogens is 620 g/mol. The van der Waals surface area contributed by atoms with E-state index in [-0.39, 0.29) is 17.4 Å². The molecule has 2 aliphatic rings. The highest BCUT2D eigenvalue weighted by molar-refractivity contribution is 7.92. The second-order valence-corrected chi connectivity index (χ2v) is 12.9. The number of carbonyl (C=O) groups excluding carboxylic acids is 1. The standard InChI is InChI=1S/C31H30F4N2O7S/c1-37(45(41,42)22-5-2-4-19(16-22)30-43-14-15-44-30)21-11-8-18(9-12-21)23-6-3-7-24(27(23)29(39)40)28(38)36-26-13-10-20(17-25(26)32)31(33,34)35/h2,4-5,8-13,16-17,23-24,27,30H,3,6-7,14-15H2,1H3,(H,36,38)(H,39,40)/t23-,24-,27-/m1/s1. The summed E-state index contributed by atoms with van der Waals surface area (Å²) >= 11 is 0. The third-order valence-electron chi connectivity index (χ3n) is 8.17. The molecule has 0 unspecified atom stereocenters. The number of hydrogen-bond acceptors (Lipinski definition) is 6. The number of sulfonamides is 1. The number of aliphatic carboxylic acids is 1. The van der Waals surface area contributed by atoms with Gasteiger partial charge in [0.15, 0.2) is 6.29 Å². The zero-order valence-electron chi connectivity index (χ0n) is 24.0. The van der Waals surface area contributed by atoms with Crippen LogP contribution in [0, 0.1) is 17.7 Å². The minimum atomic E-state index is -4.77. The Balaban J connectivity index is 1.33. The molecule has 1 aliphatic heterocycles. The van der Waals surface area contributed by atoms with Crippen molar-refractivity contribution in [2.24, 2.45) is 11.8 Å². The fourth-order valence-electron chi connectivity index (χ4n) is 5.83. The molecule has 9 nitrogen and oxygen atoms in total. The maximum absolute atomic E-state index is 14.4. The molecule has 3 aromatic rings. The Morgan fingerprint density at radius 1 is 0.956 bits per heavy atom. The summed E-state index contributed by atoms with van der Waals surface area (Å²) < 4.78 is 92.0. The molecule has 0 aromatic heterocycles. The number of hydrogen-bond donors (Lipinski definition) is 2. The highest BCUT2D eigenvalue weighted by atomic mass is 32.2. The van der Waals surface area contributed by atoms with E-state index in [0.29, 0.717) is 48.9 Å². The quantitative estimate of drug-likeness (QED) is 0.290. The average molecular weight is 651 g/mol. The van der Waals surface area contributed by atoms with Crippen LogP contribution in [0.5, 0.6) is 0 Å². The van der Waals surface area contributed by atoms with Crippen LogP contribution in [0.1, 0.15) is 48.2 Å². The van der Waals surface area contributed by atoms with Crippen LogP contribution in [0.3, 0.4) is 0 Å². The first-order chi connectivity index (χ1) is 21.3. The Morgan fingerprint density at radius 3 is 2.27 bits per heavy atom. The Hall–Kier alpha value is -4.01. The van der Waals surface area contributed by atoms with E-state index < -0.39 is 69.2 Å². The molecule has 1 saturated carbocycles. The summed E-state index contributed by atoms with van der Waals surface area (Å²) in [6.07, 6.45) is -4.36.